The molecule has 0 saturated heterocycles. The van der Waals surface area contributed by atoms with E-state index < -0.39 is 5.92 Å². The Labute approximate surface area is 139 Å². The summed E-state index contributed by atoms with van der Waals surface area (Å²) in [5.41, 5.74) is 1.44. The van der Waals surface area contributed by atoms with Crippen LogP contribution in [0.25, 0.3) is 0 Å². The lowest BCUT2D eigenvalue weighted by atomic mass is 9.87. The summed E-state index contributed by atoms with van der Waals surface area (Å²) >= 11 is 7.52. The highest BCUT2D eigenvalue weighted by atomic mass is 35.5. The molecular formula is C18H17ClO2S. The number of carbonyl (C=O) groups is 2. The van der Waals surface area contributed by atoms with E-state index in [0.29, 0.717) is 10.6 Å². The zero-order valence-corrected chi connectivity index (χ0v) is 14.1. The van der Waals surface area contributed by atoms with E-state index in [1.807, 2.05) is 42.7 Å². The molecule has 0 saturated carbocycles. The van der Waals surface area contributed by atoms with E-state index >= 15 is 0 Å². The SMILES string of the molecule is CSc1ccc(C(=O)C(CC(C)=O)c2ccc(Cl)cc2)cc1. The number of carbonyl (C=O) groups excluding carboxylic acids is 2. The van der Waals surface area contributed by atoms with E-state index in [9.17, 15) is 9.59 Å². The van der Waals surface area contributed by atoms with Gasteiger partial charge >= 0.3 is 0 Å². The number of halogens is 1. The highest BCUT2D eigenvalue weighted by molar-refractivity contribution is 7.98. The van der Waals surface area contributed by atoms with Gasteiger partial charge in [-0.2, -0.15) is 0 Å². The first kappa shape index (κ1) is 16.8. The Hall–Kier alpha value is -1.58. The molecule has 4 heteroatoms. The zero-order chi connectivity index (χ0) is 16.1. The first-order valence-corrected chi connectivity index (χ1v) is 8.54. The molecule has 2 aromatic rings. The Balaban J connectivity index is 2.32. The highest BCUT2D eigenvalue weighted by Gasteiger charge is 2.23. The normalized spacial score (nSPS) is 12.0. The molecular weight excluding hydrogens is 316 g/mol. The number of thioether (sulfide) groups is 1. The summed E-state index contributed by atoms with van der Waals surface area (Å²) in [6, 6.07) is 14.6. The Bertz CT molecular complexity index is 662. The summed E-state index contributed by atoms with van der Waals surface area (Å²) in [7, 11) is 0. The van der Waals surface area contributed by atoms with Gasteiger partial charge in [-0.1, -0.05) is 35.9 Å². The monoisotopic (exact) mass is 332 g/mol. The predicted molar refractivity (Wildman–Crippen MR) is 92.0 cm³/mol. The molecule has 1 atom stereocenters. The highest BCUT2D eigenvalue weighted by Crippen LogP contribution is 2.27. The molecule has 0 fully saturated rings. The second-order valence-electron chi connectivity index (χ2n) is 5.10. The summed E-state index contributed by atoms with van der Waals surface area (Å²) in [4.78, 5) is 25.4. The number of hydrogen-bond donors (Lipinski definition) is 0. The maximum atomic E-state index is 12.8. The second-order valence-corrected chi connectivity index (χ2v) is 6.42. The molecule has 0 aliphatic heterocycles. The molecule has 0 radical (unpaired) electrons. The lowest BCUT2D eigenvalue weighted by molar-refractivity contribution is -0.117. The fourth-order valence-corrected chi connectivity index (χ4v) is 2.84. The van der Waals surface area contributed by atoms with Crippen LogP contribution < -0.4 is 0 Å². The van der Waals surface area contributed by atoms with Gasteiger partial charge in [-0.3, -0.25) is 9.59 Å². The van der Waals surface area contributed by atoms with Crippen molar-refractivity contribution >= 4 is 34.9 Å². The summed E-state index contributed by atoms with van der Waals surface area (Å²) in [5, 5.41) is 0.613. The molecule has 114 valence electrons. The van der Waals surface area contributed by atoms with Crippen LogP contribution in [0.5, 0.6) is 0 Å². The van der Waals surface area contributed by atoms with Crippen molar-refractivity contribution in [2.45, 2.75) is 24.2 Å². The van der Waals surface area contributed by atoms with E-state index in [0.717, 1.165) is 10.5 Å². The summed E-state index contributed by atoms with van der Waals surface area (Å²) in [5.74, 6) is -0.505. The van der Waals surface area contributed by atoms with Crippen LogP contribution in [-0.2, 0) is 4.79 Å². The third-order valence-electron chi connectivity index (χ3n) is 3.45. The van der Waals surface area contributed by atoms with Gasteiger partial charge in [0, 0.05) is 21.9 Å². The van der Waals surface area contributed by atoms with Crippen LogP contribution >= 0.6 is 23.4 Å². The Morgan fingerprint density at radius 2 is 1.64 bits per heavy atom. The Kier molecular flexibility index (Phi) is 5.81. The van der Waals surface area contributed by atoms with Crippen molar-refractivity contribution in [3.63, 3.8) is 0 Å². The topological polar surface area (TPSA) is 34.1 Å². The fraction of sp³-hybridized carbons (Fsp3) is 0.222. The van der Waals surface area contributed by atoms with Gasteiger partial charge in [-0.05, 0) is 43.0 Å². The predicted octanol–water partition coefficient (Wildman–Crippen LogP) is 5.01. The quantitative estimate of drug-likeness (QED) is 0.551. The first-order valence-electron chi connectivity index (χ1n) is 6.94. The zero-order valence-electron chi connectivity index (χ0n) is 12.5. The maximum absolute atomic E-state index is 12.8. The third kappa shape index (κ3) is 4.21. The van der Waals surface area contributed by atoms with Crippen molar-refractivity contribution in [3.05, 3.63) is 64.7 Å². The molecule has 0 amide bonds. The van der Waals surface area contributed by atoms with E-state index in [1.54, 1.807) is 23.9 Å². The molecule has 0 heterocycles. The van der Waals surface area contributed by atoms with Crippen LogP contribution in [0.4, 0.5) is 0 Å². The molecule has 0 N–H and O–H groups in total. The molecule has 2 aromatic carbocycles. The first-order chi connectivity index (χ1) is 10.5. The number of rotatable bonds is 6. The lowest BCUT2D eigenvalue weighted by Crippen LogP contribution is -2.16. The molecule has 0 bridgehead atoms. The number of ketones is 2. The minimum absolute atomic E-state index is 0.00552. The number of benzene rings is 2. The standard InChI is InChI=1S/C18H17ClO2S/c1-12(20)11-17(13-3-7-15(19)8-4-13)18(21)14-5-9-16(22-2)10-6-14/h3-10,17H,11H2,1-2H3. The third-order valence-corrected chi connectivity index (χ3v) is 4.45. The minimum Gasteiger partial charge on any atom is -0.300 e. The van der Waals surface area contributed by atoms with E-state index in [4.69, 9.17) is 11.6 Å². The van der Waals surface area contributed by atoms with Gasteiger partial charge in [-0.15, -0.1) is 11.8 Å². The fourth-order valence-electron chi connectivity index (χ4n) is 2.30. The smallest absolute Gasteiger partial charge is 0.170 e. The van der Waals surface area contributed by atoms with E-state index in [2.05, 4.69) is 0 Å². The molecule has 0 aliphatic carbocycles. The lowest BCUT2D eigenvalue weighted by Gasteiger charge is -2.15. The van der Waals surface area contributed by atoms with Crippen molar-refractivity contribution in [1.82, 2.24) is 0 Å². The molecule has 0 aliphatic rings. The van der Waals surface area contributed by atoms with E-state index in [-0.39, 0.29) is 18.0 Å². The molecule has 0 spiro atoms. The van der Waals surface area contributed by atoms with Crippen molar-refractivity contribution in [1.29, 1.82) is 0 Å². The average Bonchev–Trinajstić information content (AvgIpc) is 2.53. The van der Waals surface area contributed by atoms with Crippen LogP contribution in [0.1, 0.15) is 35.2 Å². The molecule has 1 unspecified atom stereocenters. The van der Waals surface area contributed by atoms with Crippen LogP contribution in [-0.4, -0.2) is 17.8 Å². The average molecular weight is 333 g/mol. The maximum Gasteiger partial charge on any atom is 0.170 e. The summed E-state index contributed by atoms with van der Waals surface area (Å²) in [6.07, 6.45) is 2.19. The van der Waals surface area contributed by atoms with Gasteiger partial charge in [0.25, 0.3) is 0 Å². The Morgan fingerprint density at radius 1 is 1.05 bits per heavy atom. The van der Waals surface area contributed by atoms with Crippen molar-refractivity contribution in [2.24, 2.45) is 0 Å². The van der Waals surface area contributed by atoms with Gasteiger partial charge in [-0.25, -0.2) is 0 Å². The minimum atomic E-state index is -0.463. The van der Waals surface area contributed by atoms with Crippen LogP contribution in [0.3, 0.4) is 0 Å². The van der Waals surface area contributed by atoms with Gasteiger partial charge in [0.15, 0.2) is 5.78 Å². The molecule has 2 nitrogen and oxygen atoms in total. The second kappa shape index (κ2) is 7.61. The largest absolute Gasteiger partial charge is 0.300 e. The van der Waals surface area contributed by atoms with Crippen molar-refractivity contribution in [2.75, 3.05) is 6.26 Å². The van der Waals surface area contributed by atoms with Crippen molar-refractivity contribution in [3.8, 4) is 0 Å². The summed E-state index contributed by atoms with van der Waals surface area (Å²) in [6.45, 7) is 1.51. The van der Waals surface area contributed by atoms with Crippen LogP contribution in [0.2, 0.25) is 5.02 Å². The number of Topliss-reactive ketones (excluding diaryl/α,β-unsaturated/α-hetero) is 2. The van der Waals surface area contributed by atoms with Gasteiger partial charge in [0.2, 0.25) is 0 Å². The van der Waals surface area contributed by atoms with Gasteiger partial charge in [0.05, 0.1) is 5.92 Å². The molecule has 2 rings (SSSR count). The van der Waals surface area contributed by atoms with Crippen LogP contribution in [0, 0.1) is 0 Å². The molecule has 22 heavy (non-hydrogen) atoms. The molecule has 0 aromatic heterocycles. The van der Waals surface area contributed by atoms with Crippen LogP contribution in [0.15, 0.2) is 53.4 Å². The van der Waals surface area contributed by atoms with E-state index in [1.165, 1.54) is 6.92 Å². The summed E-state index contributed by atoms with van der Waals surface area (Å²) < 4.78 is 0. The number of hydrogen-bond acceptors (Lipinski definition) is 3. The van der Waals surface area contributed by atoms with Gasteiger partial charge in [0.1, 0.15) is 5.78 Å². The van der Waals surface area contributed by atoms with Crippen molar-refractivity contribution < 1.29 is 9.59 Å². The Morgan fingerprint density at radius 3 is 2.14 bits per heavy atom. The van der Waals surface area contributed by atoms with Gasteiger partial charge < -0.3 is 0 Å².